The first-order valence-electron chi connectivity index (χ1n) is 7.55. The lowest BCUT2D eigenvalue weighted by molar-refractivity contribution is -0.145. The van der Waals surface area contributed by atoms with Crippen LogP contribution in [0.25, 0.3) is 0 Å². The molecule has 0 spiro atoms. The number of benzene rings is 2. The lowest BCUT2D eigenvalue weighted by atomic mass is 10.1. The van der Waals surface area contributed by atoms with Crippen molar-refractivity contribution in [2.75, 3.05) is 12.9 Å². The highest BCUT2D eigenvalue weighted by Gasteiger charge is 2.44. The predicted molar refractivity (Wildman–Crippen MR) is 95.0 cm³/mol. The highest BCUT2D eigenvalue weighted by molar-refractivity contribution is 7.99. The van der Waals surface area contributed by atoms with E-state index < -0.39 is 29.1 Å². The second-order valence-corrected chi connectivity index (χ2v) is 6.96. The van der Waals surface area contributed by atoms with Gasteiger partial charge in [0.25, 0.3) is 5.91 Å². The number of rotatable bonds is 3. The molecule has 7 heteroatoms. The van der Waals surface area contributed by atoms with Crippen LogP contribution < -0.4 is 0 Å². The number of thioether (sulfide) groups is 1. The number of hydrogen-bond donors (Lipinski definition) is 0. The van der Waals surface area contributed by atoms with E-state index in [0.29, 0.717) is 16.3 Å². The van der Waals surface area contributed by atoms with Gasteiger partial charge in [-0.3, -0.25) is 4.79 Å². The lowest BCUT2D eigenvalue weighted by Crippen LogP contribution is -2.43. The van der Waals surface area contributed by atoms with Gasteiger partial charge in [-0.15, -0.1) is 11.8 Å². The lowest BCUT2D eigenvalue weighted by Gasteiger charge is -2.29. The standard InChI is InChI=1S/C18H15ClFNO3S/c1-24-18(23)15-10-25-17(11-6-2-4-8-13(11)19)21(15)16(22)12-7-3-5-9-14(12)20/h2-9,15,17H,10H2,1H3. The third kappa shape index (κ3) is 3.37. The molecule has 4 nitrogen and oxygen atoms in total. The number of amides is 1. The number of hydrogen-bond acceptors (Lipinski definition) is 4. The molecule has 2 unspecified atom stereocenters. The van der Waals surface area contributed by atoms with Crippen molar-refractivity contribution in [1.29, 1.82) is 0 Å². The maximum Gasteiger partial charge on any atom is 0.329 e. The number of methoxy groups -OCH3 is 1. The van der Waals surface area contributed by atoms with Gasteiger partial charge in [0.1, 0.15) is 17.2 Å². The Morgan fingerprint density at radius 3 is 2.56 bits per heavy atom. The fourth-order valence-corrected chi connectivity index (χ4v) is 4.51. The molecule has 0 bridgehead atoms. The van der Waals surface area contributed by atoms with Gasteiger partial charge in [0.15, 0.2) is 0 Å². The van der Waals surface area contributed by atoms with Crippen LogP contribution in [0.2, 0.25) is 5.02 Å². The van der Waals surface area contributed by atoms with Crippen LogP contribution >= 0.6 is 23.4 Å². The van der Waals surface area contributed by atoms with Gasteiger partial charge in [-0.1, -0.05) is 41.9 Å². The number of ether oxygens (including phenoxy) is 1. The van der Waals surface area contributed by atoms with Crippen molar-refractivity contribution in [2.45, 2.75) is 11.4 Å². The van der Waals surface area contributed by atoms with E-state index in [9.17, 15) is 14.0 Å². The molecule has 1 aliphatic heterocycles. The minimum Gasteiger partial charge on any atom is -0.467 e. The van der Waals surface area contributed by atoms with Gasteiger partial charge in [0.05, 0.1) is 12.7 Å². The quantitative estimate of drug-likeness (QED) is 0.758. The Morgan fingerprint density at radius 1 is 1.20 bits per heavy atom. The van der Waals surface area contributed by atoms with Crippen molar-refractivity contribution >= 4 is 35.2 Å². The van der Waals surface area contributed by atoms with E-state index in [2.05, 4.69) is 0 Å². The number of carbonyl (C=O) groups is 2. The first kappa shape index (κ1) is 17.8. The van der Waals surface area contributed by atoms with Crippen molar-refractivity contribution in [2.24, 2.45) is 0 Å². The molecule has 0 N–H and O–H groups in total. The van der Waals surface area contributed by atoms with Gasteiger partial charge in [0.2, 0.25) is 0 Å². The zero-order chi connectivity index (χ0) is 18.0. The molecular formula is C18H15ClFNO3S. The summed E-state index contributed by atoms with van der Waals surface area (Å²) in [6.45, 7) is 0. The molecule has 0 radical (unpaired) electrons. The number of nitrogens with zero attached hydrogens (tertiary/aromatic N) is 1. The summed E-state index contributed by atoms with van der Waals surface area (Å²) in [6.07, 6.45) is 0. The minimum atomic E-state index is -0.802. The second-order valence-electron chi connectivity index (χ2n) is 5.44. The normalized spacial score (nSPS) is 19.7. The SMILES string of the molecule is COC(=O)C1CSC(c2ccccc2Cl)N1C(=O)c1ccccc1F. The van der Waals surface area contributed by atoms with Crippen LogP contribution in [-0.4, -0.2) is 35.7 Å². The summed E-state index contributed by atoms with van der Waals surface area (Å²) < 4.78 is 18.9. The molecule has 3 rings (SSSR count). The summed E-state index contributed by atoms with van der Waals surface area (Å²) in [7, 11) is 1.27. The van der Waals surface area contributed by atoms with Crippen molar-refractivity contribution in [3.8, 4) is 0 Å². The zero-order valence-electron chi connectivity index (χ0n) is 13.3. The van der Waals surface area contributed by atoms with Gasteiger partial charge < -0.3 is 9.64 Å². The molecule has 1 fully saturated rings. The van der Waals surface area contributed by atoms with Crippen LogP contribution in [0.1, 0.15) is 21.3 Å². The molecule has 1 heterocycles. The summed E-state index contributed by atoms with van der Waals surface area (Å²) >= 11 is 7.67. The average Bonchev–Trinajstić information content (AvgIpc) is 3.06. The highest BCUT2D eigenvalue weighted by Crippen LogP contribution is 2.44. The van der Waals surface area contributed by atoms with Crippen LogP contribution in [0.15, 0.2) is 48.5 Å². The van der Waals surface area contributed by atoms with Gasteiger partial charge in [0, 0.05) is 16.3 Å². The fraction of sp³-hybridized carbons (Fsp3) is 0.222. The third-order valence-corrected chi connectivity index (χ3v) is 5.63. The largest absolute Gasteiger partial charge is 0.467 e. The van der Waals surface area contributed by atoms with Crippen LogP contribution in [0.5, 0.6) is 0 Å². The first-order valence-corrected chi connectivity index (χ1v) is 8.98. The van der Waals surface area contributed by atoms with Gasteiger partial charge in [-0.05, 0) is 18.2 Å². The van der Waals surface area contributed by atoms with Crippen molar-refractivity contribution in [3.63, 3.8) is 0 Å². The van der Waals surface area contributed by atoms with Crippen LogP contribution in [0, 0.1) is 5.82 Å². The number of carbonyl (C=O) groups excluding carboxylic acids is 2. The van der Waals surface area contributed by atoms with Crippen molar-refractivity contribution in [3.05, 3.63) is 70.5 Å². The van der Waals surface area contributed by atoms with Gasteiger partial charge in [-0.2, -0.15) is 0 Å². The minimum absolute atomic E-state index is 0.0871. The van der Waals surface area contributed by atoms with E-state index >= 15 is 0 Å². The molecule has 130 valence electrons. The third-order valence-electron chi connectivity index (χ3n) is 3.98. The van der Waals surface area contributed by atoms with E-state index in [4.69, 9.17) is 16.3 Å². The van der Waals surface area contributed by atoms with E-state index in [1.807, 2.05) is 0 Å². The summed E-state index contributed by atoms with van der Waals surface area (Å²) in [5.41, 5.74) is 0.612. The van der Waals surface area contributed by atoms with Gasteiger partial charge in [-0.25, -0.2) is 9.18 Å². The molecule has 2 aromatic carbocycles. The molecule has 2 aromatic rings. The number of halogens is 2. The average molecular weight is 380 g/mol. The van der Waals surface area contributed by atoms with Gasteiger partial charge >= 0.3 is 5.97 Å². The van der Waals surface area contributed by atoms with Crippen LogP contribution in [-0.2, 0) is 9.53 Å². The Morgan fingerprint density at radius 2 is 1.88 bits per heavy atom. The monoisotopic (exact) mass is 379 g/mol. The van der Waals surface area contributed by atoms with E-state index in [-0.39, 0.29) is 5.56 Å². The Labute approximate surface area is 153 Å². The molecule has 0 aromatic heterocycles. The summed E-state index contributed by atoms with van der Waals surface area (Å²) in [4.78, 5) is 26.5. The second kappa shape index (κ2) is 7.45. The molecule has 2 atom stereocenters. The highest BCUT2D eigenvalue weighted by atomic mass is 35.5. The van der Waals surface area contributed by atoms with Crippen LogP contribution in [0.3, 0.4) is 0 Å². The molecule has 1 amide bonds. The Hall–Kier alpha value is -2.05. The fourth-order valence-electron chi connectivity index (χ4n) is 2.76. The van der Waals surface area contributed by atoms with E-state index in [1.54, 1.807) is 30.3 Å². The molecule has 0 saturated carbocycles. The Kier molecular flexibility index (Phi) is 5.30. The number of esters is 1. The van der Waals surface area contributed by atoms with Crippen molar-refractivity contribution < 1.29 is 18.7 Å². The summed E-state index contributed by atoms with van der Waals surface area (Å²) in [6, 6.07) is 12.0. The smallest absolute Gasteiger partial charge is 0.329 e. The molecule has 0 aliphatic carbocycles. The van der Waals surface area contributed by atoms with Crippen LogP contribution in [0.4, 0.5) is 4.39 Å². The van der Waals surface area contributed by atoms with E-state index in [1.165, 1.54) is 42.0 Å². The van der Waals surface area contributed by atoms with E-state index in [0.717, 1.165) is 0 Å². The topological polar surface area (TPSA) is 46.6 Å². The summed E-state index contributed by atoms with van der Waals surface area (Å²) in [5.74, 6) is -1.39. The predicted octanol–water partition coefficient (Wildman–Crippen LogP) is 3.91. The first-order chi connectivity index (χ1) is 12.0. The molecule has 25 heavy (non-hydrogen) atoms. The maximum atomic E-state index is 14.1. The maximum absolute atomic E-state index is 14.1. The summed E-state index contributed by atoms with van der Waals surface area (Å²) in [5, 5.41) is -0.0123. The Bertz CT molecular complexity index is 816. The molecule has 1 aliphatic rings. The van der Waals surface area contributed by atoms with Crippen molar-refractivity contribution in [1.82, 2.24) is 4.90 Å². The molecular weight excluding hydrogens is 365 g/mol. The molecule has 1 saturated heterocycles. The Balaban J connectivity index is 2.05. The zero-order valence-corrected chi connectivity index (χ0v) is 14.9.